The molecule has 11 rings (SSSR count). The van der Waals surface area contributed by atoms with Crippen LogP contribution in [0.15, 0.2) is 255 Å². The van der Waals surface area contributed by atoms with E-state index in [1.165, 1.54) is 22.3 Å². The minimum Gasteiger partial charge on any atom is -0.311 e. The zero-order chi connectivity index (χ0) is 42.7. The summed E-state index contributed by atoms with van der Waals surface area (Å²) in [5, 5.41) is 2.13. The van der Waals surface area contributed by atoms with Crippen molar-refractivity contribution < 1.29 is 0 Å². The van der Waals surface area contributed by atoms with Crippen LogP contribution in [-0.2, 0) is 0 Å². The Balaban J connectivity index is 0.796. The number of anilines is 6. The van der Waals surface area contributed by atoms with Crippen LogP contribution in [0.3, 0.4) is 0 Å². The Morgan fingerprint density at radius 3 is 0.734 bits per heavy atom. The molecule has 2 aromatic heterocycles. The Bertz CT molecular complexity index is 3010. The van der Waals surface area contributed by atoms with Gasteiger partial charge in [-0.25, -0.2) is 0 Å². The molecule has 4 heteroatoms. The lowest BCUT2D eigenvalue weighted by atomic mass is 9.98. The average Bonchev–Trinajstić information content (AvgIpc) is 3.38. The van der Waals surface area contributed by atoms with Crippen molar-refractivity contribution >= 4 is 55.9 Å². The highest BCUT2D eigenvalue weighted by molar-refractivity contribution is 6.04. The maximum Gasteiger partial charge on any atom is 0.0965 e. The Morgan fingerprint density at radius 1 is 0.219 bits per heavy atom. The van der Waals surface area contributed by atoms with E-state index < -0.39 is 0 Å². The van der Waals surface area contributed by atoms with E-state index in [4.69, 9.17) is 9.97 Å². The van der Waals surface area contributed by atoms with Gasteiger partial charge >= 0.3 is 0 Å². The maximum absolute atomic E-state index is 4.97. The summed E-state index contributed by atoms with van der Waals surface area (Å²) in [6.07, 6.45) is 3.93. The van der Waals surface area contributed by atoms with Crippen LogP contribution >= 0.6 is 0 Å². The first-order chi connectivity index (χ1) is 31.7. The molecular weight excluding hydrogens is 777 g/mol. The predicted molar refractivity (Wildman–Crippen MR) is 268 cm³/mol. The molecule has 0 aliphatic rings. The van der Waals surface area contributed by atoms with E-state index in [0.29, 0.717) is 0 Å². The lowest BCUT2D eigenvalue weighted by Gasteiger charge is -2.25. The highest BCUT2D eigenvalue weighted by Crippen LogP contribution is 2.38. The SMILES string of the molecule is c1ccc(N(c2ccccc2)c2ccc(-c3ccc(-c4cnc5c(ccc6cc(-c7ccc(-c8ccc(N(c9ccccc9)c9ccccc9)cc8)cc7)cnc65)c4)cc3)cc2)cc1. The Kier molecular flexibility index (Phi) is 10.2. The lowest BCUT2D eigenvalue weighted by molar-refractivity contribution is 1.28. The van der Waals surface area contributed by atoms with Crippen molar-refractivity contribution in [1.29, 1.82) is 0 Å². The summed E-state index contributed by atoms with van der Waals surface area (Å²) in [5.74, 6) is 0. The van der Waals surface area contributed by atoms with Crippen molar-refractivity contribution in [3.8, 4) is 44.5 Å². The van der Waals surface area contributed by atoms with Crippen LogP contribution in [0.1, 0.15) is 0 Å². The maximum atomic E-state index is 4.97. The van der Waals surface area contributed by atoms with Crippen LogP contribution in [0.25, 0.3) is 66.3 Å². The van der Waals surface area contributed by atoms with Crippen molar-refractivity contribution in [3.05, 3.63) is 255 Å². The largest absolute Gasteiger partial charge is 0.311 e. The Labute approximate surface area is 373 Å². The molecule has 0 fully saturated rings. The highest BCUT2D eigenvalue weighted by Gasteiger charge is 2.15. The summed E-state index contributed by atoms with van der Waals surface area (Å²) in [5.41, 5.74) is 17.6. The third-order valence-corrected chi connectivity index (χ3v) is 11.9. The van der Waals surface area contributed by atoms with E-state index in [-0.39, 0.29) is 0 Å². The van der Waals surface area contributed by atoms with E-state index in [1.807, 2.05) is 12.4 Å². The van der Waals surface area contributed by atoms with Crippen LogP contribution in [-0.4, -0.2) is 9.97 Å². The molecule has 0 bridgehead atoms. The molecule has 9 aromatic carbocycles. The fourth-order valence-corrected chi connectivity index (χ4v) is 8.63. The van der Waals surface area contributed by atoms with Gasteiger partial charge in [0.05, 0.1) is 11.0 Å². The number of pyridine rings is 2. The molecule has 302 valence electrons. The van der Waals surface area contributed by atoms with E-state index in [1.54, 1.807) is 0 Å². The van der Waals surface area contributed by atoms with Gasteiger partial charge in [0.1, 0.15) is 0 Å². The third kappa shape index (κ3) is 7.65. The van der Waals surface area contributed by atoms with E-state index in [0.717, 1.165) is 78.2 Å². The molecule has 0 spiro atoms. The molecule has 0 unspecified atom stereocenters. The molecule has 0 amide bonds. The van der Waals surface area contributed by atoms with Crippen LogP contribution in [0.2, 0.25) is 0 Å². The van der Waals surface area contributed by atoms with Crippen molar-refractivity contribution in [1.82, 2.24) is 9.97 Å². The highest BCUT2D eigenvalue weighted by atomic mass is 15.1. The molecule has 0 radical (unpaired) electrons. The number of benzene rings is 9. The number of hydrogen-bond donors (Lipinski definition) is 0. The lowest BCUT2D eigenvalue weighted by Crippen LogP contribution is -2.09. The first-order valence-corrected chi connectivity index (χ1v) is 21.6. The monoisotopic (exact) mass is 818 g/mol. The van der Waals surface area contributed by atoms with Gasteiger partial charge in [-0.1, -0.05) is 158 Å². The van der Waals surface area contributed by atoms with Gasteiger partial charge < -0.3 is 9.80 Å². The molecule has 4 nitrogen and oxygen atoms in total. The Hall–Kier alpha value is -8.60. The number of hydrogen-bond acceptors (Lipinski definition) is 4. The van der Waals surface area contributed by atoms with Gasteiger partial charge in [0.15, 0.2) is 0 Å². The van der Waals surface area contributed by atoms with Crippen LogP contribution in [0.5, 0.6) is 0 Å². The van der Waals surface area contributed by atoms with Crippen molar-refractivity contribution in [2.24, 2.45) is 0 Å². The van der Waals surface area contributed by atoms with Crippen LogP contribution in [0, 0.1) is 0 Å². The number of rotatable bonds is 10. The average molecular weight is 819 g/mol. The second-order valence-electron chi connectivity index (χ2n) is 15.9. The van der Waals surface area contributed by atoms with Gasteiger partial charge in [-0.05, 0) is 118 Å². The fourth-order valence-electron chi connectivity index (χ4n) is 8.63. The zero-order valence-electron chi connectivity index (χ0n) is 35.0. The van der Waals surface area contributed by atoms with Gasteiger partial charge in [-0.15, -0.1) is 0 Å². The second kappa shape index (κ2) is 17.0. The summed E-state index contributed by atoms with van der Waals surface area (Å²) >= 11 is 0. The predicted octanol–water partition coefficient (Wildman–Crippen LogP) is 16.4. The summed E-state index contributed by atoms with van der Waals surface area (Å²) < 4.78 is 0. The smallest absolute Gasteiger partial charge is 0.0965 e. The molecule has 11 aromatic rings. The Morgan fingerprint density at radius 2 is 0.453 bits per heavy atom. The first kappa shape index (κ1) is 38.3. The molecule has 0 saturated carbocycles. The molecule has 0 N–H and O–H groups in total. The number of aromatic nitrogens is 2. The topological polar surface area (TPSA) is 32.3 Å². The van der Waals surface area contributed by atoms with E-state index in [2.05, 4.69) is 252 Å². The van der Waals surface area contributed by atoms with Crippen molar-refractivity contribution in [2.45, 2.75) is 0 Å². The number of fused-ring (bicyclic) bond motifs is 3. The summed E-state index contributed by atoms with van der Waals surface area (Å²) in [6.45, 7) is 0. The third-order valence-electron chi connectivity index (χ3n) is 11.9. The van der Waals surface area contributed by atoms with E-state index >= 15 is 0 Å². The summed E-state index contributed by atoms with van der Waals surface area (Å²) in [6, 6.07) is 85.8. The zero-order valence-corrected chi connectivity index (χ0v) is 35.0. The quantitative estimate of drug-likeness (QED) is 0.129. The van der Waals surface area contributed by atoms with E-state index in [9.17, 15) is 0 Å². The minimum absolute atomic E-state index is 0.904. The molecule has 2 heterocycles. The van der Waals surface area contributed by atoms with Gasteiger partial charge in [0, 0.05) is 68.4 Å². The molecule has 0 saturated heterocycles. The van der Waals surface area contributed by atoms with Crippen LogP contribution < -0.4 is 9.80 Å². The summed E-state index contributed by atoms with van der Waals surface area (Å²) in [4.78, 5) is 14.5. The van der Waals surface area contributed by atoms with Gasteiger partial charge in [-0.2, -0.15) is 0 Å². The minimum atomic E-state index is 0.904. The second-order valence-corrected chi connectivity index (χ2v) is 15.9. The fraction of sp³-hybridized carbons (Fsp3) is 0. The molecule has 64 heavy (non-hydrogen) atoms. The number of para-hydroxylation sites is 4. The summed E-state index contributed by atoms with van der Waals surface area (Å²) in [7, 11) is 0. The number of nitrogens with zero attached hydrogens (tertiary/aromatic N) is 4. The van der Waals surface area contributed by atoms with Crippen LogP contribution in [0.4, 0.5) is 34.1 Å². The molecule has 0 aliphatic carbocycles. The van der Waals surface area contributed by atoms with Crippen molar-refractivity contribution in [2.75, 3.05) is 9.80 Å². The molecular formula is C60H42N4. The normalized spacial score (nSPS) is 11.1. The molecule has 0 atom stereocenters. The van der Waals surface area contributed by atoms with Gasteiger partial charge in [0.2, 0.25) is 0 Å². The molecule has 0 aliphatic heterocycles. The van der Waals surface area contributed by atoms with Crippen molar-refractivity contribution in [3.63, 3.8) is 0 Å². The first-order valence-electron chi connectivity index (χ1n) is 21.6. The standard InChI is InChI=1S/C60H42N4/c1-5-13-53(14-6-1)63(54-15-7-2-8-16-54)57-35-31-45(32-36-57)43-21-25-47(26-22-43)51-39-49-29-30-50-40-52(42-62-60(50)59(49)61-41-51)48-27-23-44(24-28-48)46-33-37-58(38-34-46)64(55-17-9-3-10-18-55)56-19-11-4-12-20-56/h1-42H. The van der Waals surface area contributed by atoms with Gasteiger partial charge in [0.25, 0.3) is 0 Å². The van der Waals surface area contributed by atoms with Gasteiger partial charge in [-0.3, -0.25) is 9.97 Å².